The monoisotopic (exact) mass is 303 g/mol. The van der Waals surface area contributed by atoms with E-state index < -0.39 is 0 Å². The largest absolute Gasteiger partial charge is 0.337 e. The molecule has 1 saturated heterocycles. The van der Waals surface area contributed by atoms with Gasteiger partial charge in [0.2, 0.25) is 5.95 Å². The average Bonchev–Trinajstić information content (AvgIpc) is 2.84. The van der Waals surface area contributed by atoms with Gasteiger partial charge in [-0.1, -0.05) is 25.7 Å². The SMILES string of the molecule is O=C(NC1CCCCCC1)N1CCN(c2ncccn2)CC1. The highest BCUT2D eigenvalue weighted by atomic mass is 16.2. The third-order valence-electron chi connectivity index (χ3n) is 4.58. The summed E-state index contributed by atoms with van der Waals surface area (Å²) in [7, 11) is 0. The first kappa shape index (κ1) is 15.1. The van der Waals surface area contributed by atoms with Crippen molar-refractivity contribution in [3.8, 4) is 0 Å². The third kappa shape index (κ3) is 3.87. The summed E-state index contributed by atoms with van der Waals surface area (Å²) < 4.78 is 0. The Kier molecular flexibility index (Phi) is 5.08. The predicted molar refractivity (Wildman–Crippen MR) is 85.8 cm³/mol. The van der Waals surface area contributed by atoms with Gasteiger partial charge in [-0.25, -0.2) is 14.8 Å². The summed E-state index contributed by atoms with van der Waals surface area (Å²) in [5.41, 5.74) is 0. The number of nitrogens with one attached hydrogen (secondary N) is 1. The molecular weight excluding hydrogens is 278 g/mol. The fraction of sp³-hybridized carbons (Fsp3) is 0.688. The van der Waals surface area contributed by atoms with E-state index in [0.717, 1.165) is 45.0 Å². The van der Waals surface area contributed by atoms with Gasteiger partial charge in [0.1, 0.15) is 0 Å². The van der Waals surface area contributed by atoms with E-state index >= 15 is 0 Å². The van der Waals surface area contributed by atoms with Gasteiger partial charge in [-0.05, 0) is 18.9 Å². The lowest BCUT2D eigenvalue weighted by molar-refractivity contribution is 0.188. The Morgan fingerprint density at radius 3 is 2.27 bits per heavy atom. The maximum Gasteiger partial charge on any atom is 0.317 e. The zero-order valence-corrected chi connectivity index (χ0v) is 13.1. The van der Waals surface area contributed by atoms with Crippen LogP contribution in [0.2, 0.25) is 0 Å². The second kappa shape index (κ2) is 7.42. The van der Waals surface area contributed by atoms with Crippen LogP contribution < -0.4 is 10.2 Å². The second-order valence-corrected chi connectivity index (χ2v) is 6.16. The van der Waals surface area contributed by atoms with Crippen LogP contribution in [0, 0.1) is 0 Å². The van der Waals surface area contributed by atoms with Crippen molar-refractivity contribution in [2.24, 2.45) is 0 Å². The van der Waals surface area contributed by atoms with Gasteiger partial charge in [-0.15, -0.1) is 0 Å². The molecule has 1 aromatic rings. The summed E-state index contributed by atoms with van der Waals surface area (Å²) in [6, 6.07) is 2.28. The molecule has 2 amide bonds. The number of carbonyl (C=O) groups excluding carboxylic acids is 1. The number of amides is 2. The van der Waals surface area contributed by atoms with E-state index in [1.165, 1.54) is 25.7 Å². The number of carbonyl (C=O) groups is 1. The fourth-order valence-electron chi connectivity index (χ4n) is 3.25. The molecule has 1 aromatic heterocycles. The van der Waals surface area contributed by atoms with Crippen LogP contribution in [0.5, 0.6) is 0 Å². The lowest BCUT2D eigenvalue weighted by Crippen LogP contribution is -2.53. The molecular formula is C16H25N5O. The summed E-state index contributed by atoms with van der Waals surface area (Å²) in [5.74, 6) is 0.756. The topological polar surface area (TPSA) is 61.4 Å². The fourth-order valence-corrected chi connectivity index (χ4v) is 3.25. The molecule has 6 heteroatoms. The third-order valence-corrected chi connectivity index (χ3v) is 4.58. The maximum absolute atomic E-state index is 12.4. The van der Waals surface area contributed by atoms with Gasteiger partial charge >= 0.3 is 6.03 Å². The molecule has 1 aliphatic carbocycles. The molecule has 6 nitrogen and oxygen atoms in total. The normalized spacial score (nSPS) is 20.5. The number of nitrogens with zero attached hydrogens (tertiary/aromatic N) is 4. The number of piperazine rings is 1. The van der Waals surface area contributed by atoms with E-state index in [9.17, 15) is 4.79 Å². The zero-order chi connectivity index (χ0) is 15.2. The first-order valence-electron chi connectivity index (χ1n) is 8.40. The smallest absolute Gasteiger partial charge is 0.317 e. The zero-order valence-electron chi connectivity index (χ0n) is 13.1. The van der Waals surface area contributed by atoms with Gasteiger partial charge in [0.05, 0.1) is 0 Å². The highest BCUT2D eigenvalue weighted by Crippen LogP contribution is 2.17. The van der Waals surface area contributed by atoms with Gasteiger partial charge in [0.25, 0.3) is 0 Å². The number of aromatic nitrogens is 2. The Labute approximate surface area is 131 Å². The lowest BCUT2D eigenvalue weighted by atomic mass is 10.1. The van der Waals surface area contributed by atoms with Gasteiger partial charge in [-0.3, -0.25) is 0 Å². The molecule has 0 spiro atoms. The van der Waals surface area contributed by atoms with Crippen molar-refractivity contribution in [2.45, 2.75) is 44.6 Å². The average molecular weight is 303 g/mol. The molecule has 2 heterocycles. The van der Waals surface area contributed by atoms with Crippen LogP contribution in [0.4, 0.5) is 10.7 Å². The molecule has 22 heavy (non-hydrogen) atoms. The first-order valence-corrected chi connectivity index (χ1v) is 8.40. The van der Waals surface area contributed by atoms with Crippen molar-refractivity contribution < 1.29 is 4.79 Å². The molecule has 2 aliphatic rings. The molecule has 0 radical (unpaired) electrons. The van der Waals surface area contributed by atoms with E-state index in [-0.39, 0.29) is 6.03 Å². The Hall–Kier alpha value is -1.85. The van der Waals surface area contributed by atoms with Crippen LogP contribution in [-0.4, -0.2) is 53.1 Å². The standard InChI is InChI=1S/C16H25N5O/c22-16(19-14-6-3-1-2-4-7-14)21-12-10-20(11-13-21)15-17-8-5-9-18-15/h5,8-9,14H,1-4,6-7,10-13H2,(H,19,22). The number of rotatable bonds is 2. The van der Waals surface area contributed by atoms with E-state index in [1.54, 1.807) is 12.4 Å². The second-order valence-electron chi connectivity index (χ2n) is 6.16. The van der Waals surface area contributed by atoms with Crippen molar-refractivity contribution in [3.05, 3.63) is 18.5 Å². The Morgan fingerprint density at radius 2 is 1.64 bits per heavy atom. The summed E-state index contributed by atoms with van der Waals surface area (Å²) in [6.45, 7) is 3.05. The number of urea groups is 1. The summed E-state index contributed by atoms with van der Waals surface area (Å²) in [6.07, 6.45) is 10.9. The van der Waals surface area contributed by atoms with E-state index in [2.05, 4.69) is 20.2 Å². The molecule has 1 N–H and O–H groups in total. The van der Waals surface area contributed by atoms with Crippen LogP contribution in [0.3, 0.4) is 0 Å². The molecule has 0 unspecified atom stereocenters. The molecule has 3 rings (SSSR count). The highest BCUT2D eigenvalue weighted by molar-refractivity contribution is 5.74. The van der Waals surface area contributed by atoms with E-state index in [0.29, 0.717) is 6.04 Å². The molecule has 0 atom stereocenters. The molecule has 0 aromatic carbocycles. The maximum atomic E-state index is 12.4. The van der Waals surface area contributed by atoms with E-state index in [4.69, 9.17) is 0 Å². The van der Waals surface area contributed by atoms with Crippen LogP contribution in [0.25, 0.3) is 0 Å². The molecule has 1 aliphatic heterocycles. The minimum atomic E-state index is 0.0977. The molecule has 2 fully saturated rings. The van der Waals surface area contributed by atoms with Gasteiger partial charge in [0, 0.05) is 44.6 Å². The Balaban J connectivity index is 1.47. The number of anilines is 1. The number of hydrogen-bond donors (Lipinski definition) is 1. The minimum Gasteiger partial charge on any atom is -0.337 e. The predicted octanol–water partition coefficient (Wildman–Crippen LogP) is 2.03. The Morgan fingerprint density at radius 1 is 1.00 bits per heavy atom. The summed E-state index contributed by atoms with van der Waals surface area (Å²) >= 11 is 0. The summed E-state index contributed by atoms with van der Waals surface area (Å²) in [4.78, 5) is 25.0. The van der Waals surface area contributed by atoms with Crippen LogP contribution in [-0.2, 0) is 0 Å². The molecule has 120 valence electrons. The van der Waals surface area contributed by atoms with Crippen molar-refractivity contribution in [2.75, 3.05) is 31.1 Å². The van der Waals surface area contributed by atoms with Crippen LogP contribution in [0.1, 0.15) is 38.5 Å². The van der Waals surface area contributed by atoms with E-state index in [1.807, 2.05) is 11.0 Å². The molecule has 1 saturated carbocycles. The van der Waals surface area contributed by atoms with Gasteiger partial charge < -0.3 is 15.1 Å². The quantitative estimate of drug-likeness (QED) is 0.849. The van der Waals surface area contributed by atoms with Crippen LogP contribution in [0.15, 0.2) is 18.5 Å². The van der Waals surface area contributed by atoms with Crippen molar-refractivity contribution >= 4 is 12.0 Å². The molecule has 0 bridgehead atoms. The Bertz CT molecular complexity index is 465. The lowest BCUT2D eigenvalue weighted by Gasteiger charge is -2.35. The van der Waals surface area contributed by atoms with Gasteiger partial charge in [0.15, 0.2) is 0 Å². The minimum absolute atomic E-state index is 0.0977. The van der Waals surface area contributed by atoms with Crippen molar-refractivity contribution in [1.29, 1.82) is 0 Å². The highest BCUT2D eigenvalue weighted by Gasteiger charge is 2.24. The van der Waals surface area contributed by atoms with Crippen molar-refractivity contribution in [3.63, 3.8) is 0 Å². The number of hydrogen-bond acceptors (Lipinski definition) is 4. The van der Waals surface area contributed by atoms with Crippen LogP contribution >= 0.6 is 0 Å². The van der Waals surface area contributed by atoms with Gasteiger partial charge in [-0.2, -0.15) is 0 Å². The summed E-state index contributed by atoms with van der Waals surface area (Å²) in [5, 5.41) is 3.22. The first-order chi connectivity index (χ1) is 10.8. The van der Waals surface area contributed by atoms with Crippen molar-refractivity contribution in [1.82, 2.24) is 20.2 Å².